The van der Waals surface area contributed by atoms with Crippen molar-refractivity contribution in [3.8, 4) is 11.5 Å². The molecule has 3 aromatic rings. The van der Waals surface area contributed by atoms with Crippen molar-refractivity contribution in [2.75, 3.05) is 12.5 Å². The lowest BCUT2D eigenvalue weighted by molar-refractivity contribution is 0.284. The average Bonchev–Trinajstić information content (AvgIpc) is 2.70. The Morgan fingerprint density at radius 3 is 2.48 bits per heavy atom. The van der Waals surface area contributed by atoms with E-state index in [4.69, 9.17) is 32.7 Å². The number of halogens is 2. The number of methoxy groups -OCH3 is 1. The number of rotatable bonds is 7. The molecule has 0 aromatic heterocycles. The number of aryl methyl sites for hydroxylation is 2. The van der Waals surface area contributed by atoms with Gasteiger partial charge >= 0.3 is 0 Å². The monoisotopic (exact) mass is 428 g/mol. The predicted octanol–water partition coefficient (Wildman–Crippen LogP) is 6.64. The van der Waals surface area contributed by atoms with Crippen molar-refractivity contribution < 1.29 is 9.47 Å². The van der Waals surface area contributed by atoms with E-state index < -0.39 is 0 Å². The number of anilines is 1. The Hall–Kier alpha value is -2.69. The summed E-state index contributed by atoms with van der Waals surface area (Å²) in [6.45, 7) is 4.47. The van der Waals surface area contributed by atoms with Crippen LogP contribution in [0.1, 0.15) is 22.3 Å². The molecule has 0 aliphatic rings. The van der Waals surface area contributed by atoms with Gasteiger partial charge in [-0.15, -0.1) is 0 Å². The Morgan fingerprint density at radius 2 is 1.76 bits per heavy atom. The number of nitrogens with zero attached hydrogens (tertiary/aromatic N) is 1. The molecule has 3 rings (SSSR count). The van der Waals surface area contributed by atoms with Crippen molar-refractivity contribution >= 4 is 35.1 Å². The van der Waals surface area contributed by atoms with E-state index in [9.17, 15) is 0 Å². The Morgan fingerprint density at radius 1 is 0.931 bits per heavy atom. The van der Waals surface area contributed by atoms with Crippen molar-refractivity contribution in [3.05, 3.63) is 86.9 Å². The summed E-state index contributed by atoms with van der Waals surface area (Å²) in [4.78, 5) is 0. The van der Waals surface area contributed by atoms with Crippen molar-refractivity contribution in [1.82, 2.24) is 0 Å². The topological polar surface area (TPSA) is 42.8 Å². The summed E-state index contributed by atoms with van der Waals surface area (Å²) in [6.07, 6.45) is 1.73. The van der Waals surface area contributed by atoms with Crippen molar-refractivity contribution in [1.29, 1.82) is 0 Å². The quantitative estimate of drug-likeness (QED) is 0.338. The first-order valence-electron chi connectivity index (χ1n) is 9.07. The number of benzene rings is 3. The summed E-state index contributed by atoms with van der Waals surface area (Å²) in [5.41, 5.74) is 8.18. The molecule has 0 saturated heterocycles. The molecule has 0 spiro atoms. The molecule has 0 amide bonds. The van der Waals surface area contributed by atoms with E-state index in [0.29, 0.717) is 28.2 Å². The Bertz CT molecular complexity index is 1040. The van der Waals surface area contributed by atoms with Gasteiger partial charge < -0.3 is 9.47 Å². The van der Waals surface area contributed by atoms with E-state index in [-0.39, 0.29) is 0 Å². The maximum atomic E-state index is 6.20. The van der Waals surface area contributed by atoms with E-state index in [1.807, 2.05) is 30.3 Å². The number of ether oxygens (including phenoxy) is 2. The van der Waals surface area contributed by atoms with Crippen molar-refractivity contribution in [2.45, 2.75) is 20.5 Å². The van der Waals surface area contributed by atoms with Crippen LogP contribution in [0.2, 0.25) is 10.0 Å². The Kier molecular flexibility index (Phi) is 7.02. The lowest BCUT2D eigenvalue weighted by Gasteiger charge is -2.12. The van der Waals surface area contributed by atoms with Gasteiger partial charge in [0.25, 0.3) is 0 Å². The second-order valence-electron chi connectivity index (χ2n) is 6.60. The predicted molar refractivity (Wildman–Crippen MR) is 121 cm³/mol. The number of nitrogens with one attached hydrogen (secondary N) is 1. The third-order valence-electron chi connectivity index (χ3n) is 4.50. The van der Waals surface area contributed by atoms with Gasteiger partial charge in [-0.2, -0.15) is 5.10 Å². The zero-order valence-corrected chi connectivity index (χ0v) is 18.0. The van der Waals surface area contributed by atoms with Crippen LogP contribution in [0.4, 0.5) is 5.69 Å². The van der Waals surface area contributed by atoms with Crippen LogP contribution in [0, 0.1) is 13.8 Å². The average molecular weight is 429 g/mol. The summed E-state index contributed by atoms with van der Waals surface area (Å²) in [5, 5.41) is 5.46. The van der Waals surface area contributed by atoms with E-state index in [1.54, 1.807) is 25.5 Å². The maximum absolute atomic E-state index is 6.20. The molecule has 0 saturated carbocycles. The van der Waals surface area contributed by atoms with Crippen molar-refractivity contribution in [2.24, 2.45) is 5.10 Å². The van der Waals surface area contributed by atoms with Crippen LogP contribution >= 0.6 is 23.2 Å². The fourth-order valence-electron chi connectivity index (χ4n) is 2.67. The summed E-state index contributed by atoms with van der Waals surface area (Å²) >= 11 is 12.1. The first-order chi connectivity index (χ1) is 14.0. The minimum Gasteiger partial charge on any atom is -0.493 e. The summed E-state index contributed by atoms with van der Waals surface area (Å²) in [5.74, 6) is 1.24. The molecule has 0 unspecified atom stereocenters. The number of hydrazone groups is 1. The summed E-state index contributed by atoms with van der Waals surface area (Å²) < 4.78 is 11.3. The highest BCUT2D eigenvalue weighted by Gasteiger charge is 2.08. The molecule has 6 heteroatoms. The lowest BCUT2D eigenvalue weighted by atomic mass is 10.1. The molecular weight excluding hydrogens is 407 g/mol. The van der Waals surface area contributed by atoms with E-state index in [1.165, 1.54) is 11.1 Å². The highest BCUT2D eigenvalue weighted by molar-refractivity contribution is 6.35. The van der Waals surface area contributed by atoms with Gasteiger partial charge in [-0.1, -0.05) is 35.3 Å². The molecule has 150 valence electrons. The maximum Gasteiger partial charge on any atom is 0.161 e. The molecule has 0 aliphatic carbocycles. The second-order valence-corrected chi connectivity index (χ2v) is 7.45. The molecule has 29 heavy (non-hydrogen) atoms. The fraction of sp³-hybridized carbons (Fsp3) is 0.174. The van der Waals surface area contributed by atoms with Crippen molar-refractivity contribution in [3.63, 3.8) is 0 Å². The molecule has 3 aromatic carbocycles. The van der Waals surface area contributed by atoms with E-state index in [2.05, 4.69) is 36.5 Å². The molecule has 0 radical (unpaired) electrons. The lowest BCUT2D eigenvalue weighted by Crippen LogP contribution is -1.99. The molecule has 0 fully saturated rings. The zero-order valence-electron chi connectivity index (χ0n) is 16.5. The number of hydrogen-bond donors (Lipinski definition) is 1. The van der Waals surface area contributed by atoms with Gasteiger partial charge in [0, 0.05) is 15.6 Å². The van der Waals surface area contributed by atoms with Gasteiger partial charge in [-0.25, -0.2) is 0 Å². The Labute approximate surface area is 181 Å². The molecule has 0 aliphatic heterocycles. The standard InChI is InChI=1S/C23H22Cl2N2O2/c1-15-4-8-20(10-16(15)2)27-26-13-17-5-9-22(23(11-17)28-3)29-14-18-6-7-19(24)12-21(18)25/h4-13,27H,14H2,1-3H3/b26-13+. The van der Waals surface area contributed by atoms with Crippen LogP contribution in [0.3, 0.4) is 0 Å². The van der Waals surface area contributed by atoms with Crippen LogP contribution in [0.25, 0.3) is 0 Å². The normalized spacial score (nSPS) is 10.9. The second kappa shape index (κ2) is 9.68. The van der Waals surface area contributed by atoms with Crippen LogP contribution in [0.5, 0.6) is 11.5 Å². The molecule has 4 nitrogen and oxygen atoms in total. The minimum atomic E-state index is 0.314. The highest BCUT2D eigenvalue weighted by atomic mass is 35.5. The first-order valence-corrected chi connectivity index (χ1v) is 9.83. The van der Waals surface area contributed by atoms with Crippen LogP contribution in [0.15, 0.2) is 59.7 Å². The third-order valence-corrected chi connectivity index (χ3v) is 5.09. The van der Waals surface area contributed by atoms with Gasteiger partial charge in [0.1, 0.15) is 6.61 Å². The molecule has 0 bridgehead atoms. The van der Waals surface area contributed by atoms with E-state index in [0.717, 1.165) is 16.8 Å². The van der Waals surface area contributed by atoms with Gasteiger partial charge in [0.05, 0.1) is 19.0 Å². The van der Waals surface area contributed by atoms with Crippen LogP contribution in [-0.2, 0) is 6.61 Å². The van der Waals surface area contributed by atoms with Gasteiger partial charge in [0.2, 0.25) is 0 Å². The van der Waals surface area contributed by atoms with Crippen LogP contribution < -0.4 is 14.9 Å². The van der Waals surface area contributed by atoms with Gasteiger partial charge in [0.15, 0.2) is 11.5 Å². The molecule has 0 atom stereocenters. The van der Waals surface area contributed by atoms with Gasteiger partial charge in [-0.05, 0) is 73.0 Å². The summed E-state index contributed by atoms with van der Waals surface area (Å²) in [6, 6.07) is 17.1. The third kappa shape index (κ3) is 5.66. The summed E-state index contributed by atoms with van der Waals surface area (Å²) in [7, 11) is 1.60. The molecule has 1 N–H and O–H groups in total. The SMILES string of the molecule is COc1cc(/C=N/Nc2ccc(C)c(C)c2)ccc1OCc1ccc(Cl)cc1Cl. The Balaban J connectivity index is 1.66. The fourth-order valence-corrected chi connectivity index (χ4v) is 3.13. The first kappa shape index (κ1) is 21.0. The van der Waals surface area contributed by atoms with Crippen LogP contribution in [-0.4, -0.2) is 13.3 Å². The van der Waals surface area contributed by atoms with Gasteiger partial charge in [-0.3, -0.25) is 5.43 Å². The van der Waals surface area contributed by atoms with E-state index >= 15 is 0 Å². The number of hydrogen-bond acceptors (Lipinski definition) is 4. The molecule has 0 heterocycles. The zero-order chi connectivity index (χ0) is 20.8. The largest absolute Gasteiger partial charge is 0.493 e. The minimum absolute atomic E-state index is 0.314. The smallest absolute Gasteiger partial charge is 0.161 e. The molecular formula is C23H22Cl2N2O2. The highest BCUT2D eigenvalue weighted by Crippen LogP contribution is 2.30.